The Kier molecular flexibility index (Phi) is 6.26. The molecule has 0 unspecified atom stereocenters. The molecule has 0 aromatic heterocycles. The fraction of sp³-hybridized carbons (Fsp3) is 0.533. The number of anilines is 1. The molecule has 1 amide bonds. The van der Waals surface area contributed by atoms with Crippen LogP contribution >= 0.6 is 0 Å². The van der Waals surface area contributed by atoms with Crippen LogP contribution in [0, 0.1) is 0 Å². The molecule has 0 fully saturated rings. The summed E-state index contributed by atoms with van der Waals surface area (Å²) in [6.45, 7) is 2.18. The standard InChI is InChI=1S/C15H23NO2/c1-3-4-5-6-7-8-15(18)16(2)13-9-11-14(17)12-10-13/h9-12,17H,3-8H2,1-2H3. The Hall–Kier alpha value is -1.51. The number of hydrogen-bond donors (Lipinski definition) is 1. The lowest BCUT2D eigenvalue weighted by molar-refractivity contribution is -0.118. The van der Waals surface area contributed by atoms with E-state index in [4.69, 9.17) is 0 Å². The van der Waals surface area contributed by atoms with Gasteiger partial charge in [-0.3, -0.25) is 4.79 Å². The minimum Gasteiger partial charge on any atom is -0.508 e. The maximum absolute atomic E-state index is 11.9. The summed E-state index contributed by atoms with van der Waals surface area (Å²) in [5, 5.41) is 9.20. The Morgan fingerprint density at radius 2 is 1.72 bits per heavy atom. The molecule has 3 nitrogen and oxygen atoms in total. The van der Waals surface area contributed by atoms with Gasteiger partial charge in [0.2, 0.25) is 5.91 Å². The molecule has 0 radical (unpaired) electrons. The lowest BCUT2D eigenvalue weighted by atomic mass is 10.1. The van der Waals surface area contributed by atoms with Crippen molar-refractivity contribution in [3.05, 3.63) is 24.3 Å². The lowest BCUT2D eigenvalue weighted by Gasteiger charge is -2.17. The Morgan fingerprint density at radius 3 is 2.33 bits per heavy atom. The van der Waals surface area contributed by atoms with Crippen molar-refractivity contribution >= 4 is 11.6 Å². The van der Waals surface area contributed by atoms with Crippen LogP contribution in [0.4, 0.5) is 5.69 Å². The second kappa shape index (κ2) is 7.75. The number of nitrogens with zero attached hydrogens (tertiary/aromatic N) is 1. The van der Waals surface area contributed by atoms with E-state index in [1.165, 1.54) is 19.3 Å². The first kappa shape index (κ1) is 14.6. The number of amides is 1. The van der Waals surface area contributed by atoms with E-state index in [0.29, 0.717) is 6.42 Å². The molecule has 0 spiro atoms. The maximum Gasteiger partial charge on any atom is 0.226 e. The van der Waals surface area contributed by atoms with Crippen LogP contribution in [-0.4, -0.2) is 18.1 Å². The van der Waals surface area contributed by atoms with Gasteiger partial charge >= 0.3 is 0 Å². The van der Waals surface area contributed by atoms with Crippen molar-refractivity contribution in [1.29, 1.82) is 0 Å². The number of unbranched alkanes of at least 4 members (excludes halogenated alkanes) is 4. The molecule has 1 rings (SSSR count). The van der Waals surface area contributed by atoms with Crippen LogP contribution in [0.15, 0.2) is 24.3 Å². The average Bonchev–Trinajstić information content (AvgIpc) is 2.38. The molecule has 0 aliphatic rings. The molecule has 18 heavy (non-hydrogen) atoms. The van der Waals surface area contributed by atoms with Gasteiger partial charge in [-0.1, -0.05) is 32.6 Å². The minimum absolute atomic E-state index is 0.136. The fourth-order valence-corrected chi connectivity index (χ4v) is 1.87. The predicted octanol–water partition coefficient (Wildman–Crippen LogP) is 3.72. The topological polar surface area (TPSA) is 40.5 Å². The normalized spacial score (nSPS) is 10.3. The second-order valence-corrected chi connectivity index (χ2v) is 4.63. The zero-order valence-corrected chi connectivity index (χ0v) is 11.4. The van der Waals surface area contributed by atoms with Gasteiger partial charge in [-0.15, -0.1) is 0 Å². The van der Waals surface area contributed by atoms with Crippen LogP contribution in [0.1, 0.15) is 45.4 Å². The van der Waals surface area contributed by atoms with E-state index in [9.17, 15) is 9.90 Å². The summed E-state index contributed by atoms with van der Waals surface area (Å²) in [4.78, 5) is 13.6. The van der Waals surface area contributed by atoms with E-state index in [2.05, 4.69) is 6.92 Å². The SMILES string of the molecule is CCCCCCCC(=O)N(C)c1ccc(O)cc1. The van der Waals surface area contributed by atoms with Gasteiger partial charge in [0.15, 0.2) is 0 Å². The highest BCUT2D eigenvalue weighted by Crippen LogP contribution is 2.18. The third-order valence-corrected chi connectivity index (χ3v) is 3.11. The van der Waals surface area contributed by atoms with Crippen LogP contribution in [0.25, 0.3) is 0 Å². The zero-order chi connectivity index (χ0) is 13.4. The van der Waals surface area contributed by atoms with Gasteiger partial charge in [-0.25, -0.2) is 0 Å². The molecule has 0 bridgehead atoms. The Labute approximate surface area is 109 Å². The van der Waals surface area contributed by atoms with Crippen molar-refractivity contribution in [3.63, 3.8) is 0 Å². The van der Waals surface area contributed by atoms with Crippen molar-refractivity contribution < 1.29 is 9.90 Å². The number of carbonyl (C=O) groups is 1. The first-order valence-corrected chi connectivity index (χ1v) is 6.70. The number of phenolic OH excluding ortho intramolecular Hbond substituents is 1. The van der Waals surface area contributed by atoms with Crippen LogP contribution in [0.2, 0.25) is 0 Å². The molecular formula is C15H23NO2. The Bertz CT molecular complexity index is 359. The highest BCUT2D eigenvalue weighted by Gasteiger charge is 2.10. The molecule has 0 aliphatic carbocycles. The van der Waals surface area contributed by atoms with E-state index in [1.54, 1.807) is 36.2 Å². The molecule has 0 aliphatic heterocycles. The third kappa shape index (κ3) is 4.78. The molecule has 3 heteroatoms. The number of benzene rings is 1. The van der Waals surface area contributed by atoms with Crippen LogP contribution < -0.4 is 4.90 Å². The Morgan fingerprint density at radius 1 is 1.11 bits per heavy atom. The molecule has 1 aromatic carbocycles. The van der Waals surface area contributed by atoms with Gasteiger partial charge in [0, 0.05) is 19.2 Å². The quantitative estimate of drug-likeness (QED) is 0.748. The van der Waals surface area contributed by atoms with E-state index in [-0.39, 0.29) is 11.7 Å². The highest BCUT2D eigenvalue weighted by atomic mass is 16.3. The fourth-order valence-electron chi connectivity index (χ4n) is 1.87. The summed E-state index contributed by atoms with van der Waals surface area (Å²) in [6, 6.07) is 6.70. The van der Waals surface area contributed by atoms with Crippen LogP contribution in [-0.2, 0) is 4.79 Å². The van der Waals surface area contributed by atoms with E-state index in [1.807, 2.05) is 0 Å². The summed E-state index contributed by atoms with van der Waals surface area (Å²) in [6.07, 6.45) is 6.38. The number of carbonyl (C=O) groups excluding carboxylic acids is 1. The largest absolute Gasteiger partial charge is 0.508 e. The van der Waals surface area contributed by atoms with Crippen molar-refractivity contribution in [3.8, 4) is 5.75 Å². The highest BCUT2D eigenvalue weighted by molar-refractivity contribution is 5.92. The third-order valence-electron chi connectivity index (χ3n) is 3.11. The second-order valence-electron chi connectivity index (χ2n) is 4.63. The molecule has 100 valence electrons. The molecule has 1 aromatic rings. The van der Waals surface area contributed by atoms with Gasteiger partial charge in [0.05, 0.1) is 0 Å². The van der Waals surface area contributed by atoms with Crippen molar-refractivity contribution in [2.24, 2.45) is 0 Å². The first-order valence-electron chi connectivity index (χ1n) is 6.70. The van der Waals surface area contributed by atoms with Gasteiger partial charge in [0.25, 0.3) is 0 Å². The molecule has 0 atom stereocenters. The molecule has 0 saturated carbocycles. The van der Waals surface area contributed by atoms with Gasteiger partial charge < -0.3 is 10.0 Å². The van der Waals surface area contributed by atoms with E-state index in [0.717, 1.165) is 18.5 Å². The van der Waals surface area contributed by atoms with Crippen molar-refractivity contribution in [2.45, 2.75) is 45.4 Å². The number of aromatic hydroxyl groups is 1. The summed E-state index contributed by atoms with van der Waals surface area (Å²) >= 11 is 0. The van der Waals surface area contributed by atoms with Gasteiger partial charge in [0.1, 0.15) is 5.75 Å². The lowest BCUT2D eigenvalue weighted by Crippen LogP contribution is -2.25. The number of rotatable bonds is 7. The summed E-state index contributed by atoms with van der Waals surface area (Å²) in [5.74, 6) is 0.358. The van der Waals surface area contributed by atoms with E-state index < -0.39 is 0 Å². The van der Waals surface area contributed by atoms with Crippen molar-refractivity contribution in [1.82, 2.24) is 0 Å². The molecule has 1 N–H and O–H groups in total. The monoisotopic (exact) mass is 249 g/mol. The summed E-state index contributed by atoms with van der Waals surface area (Å²) in [5.41, 5.74) is 0.825. The average molecular weight is 249 g/mol. The maximum atomic E-state index is 11.9. The van der Waals surface area contributed by atoms with Gasteiger partial charge in [-0.2, -0.15) is 0 Å². The van der Waals surface area contributed by atoms with Crippen LogP contribution in [0.3, 0.4) is 0 Å². The van der Waals surface area contributed by atoms with Crippen LogP contribution in [0.5, 0.6) is 5.75 Å². The van der Waals surface area contributed by atoms with Crippen molar-refractivity contribution in [2.75, 3.05) is 11.9 Å². The minimum atomic E-state index is 0.136. The van der Waals surface area contributed by atoms with E-state index >= 15 is 0 Å². The first-order chi connectivity index (χ1) is 8.65. The summed E-state index contributed by atoms with van der Waals surface area (Å²) in [7, 11) is 1.78. The number of phenols is 1. The molecular weight excluding hydrogens is 226 g/mol. The van der Waals surface area contributed by atoms with Gasteiger partial charge in [-0.05, 0) is 30.7 Å². The zero-order valence-electron chi connectivity index (χ0n) is 11.4. The molecule has 0 heterocycles. The Balaban J connectivity index is 2.34. The molecule has 0 saturated heterocycles. The summed E-state index contributed by atoms with van der Waals surface area (Å²) < 4.78 is 0. The number of hydrogen-bond acceptors (Lipinski definition) is 2. The smallest absolute Gasteiger partial charge is 0.226 e. The predicted molar refractivity (Wildman–Crippen MR) is 74.9 cm³/mol.